The molecule has 5 heteroatoms. The molecule has 0 bridgehead atoms. The van der Waals surface area contributed by atoms with Gasteiger partial charge in [-0.2, -0.15) is 0 Å². The summed E-state index contributed by atoms with van der Waals surface area (Å²) in [6.45, 7) is -1.03. The molecule has 1 fully saturated rings. The van der Waals surface area contributed by atoms with E-state index < -0.39 is 12.4 Å². The van der Waals surface area contributed by atoms with Gasteiger partial charge in [0, 0.05) is 6.54 Å². The van der Waals surface area contributed by atoms with Crippen molar-refractivity contribution in [1.82, 2.24) is 4.90 Å². The predicted molar refractivity (Wildman–Crippen MR) is 57.7 cm³/mol. The van der Waals surface area contributed by atoms with Crippen LogP contribution in [0.1, 0.15) is 25.7 Å². The summed E-state index contributed by atoms with van der Waals surface area (Å²) in [6.07, 6.45) is 4.77. The Hall–Kier alpha value is -0.445. The van der Waals surface area contributed by atoms with E-state index in [4.69, 9.17) is 0 Å². The third-order valence-electron chi connectivity index (χ3n) is 2.98. The molecule has 0 amide bonds. The van der Waals surface area contributed by atoms with Crippen LogP contribution in [0.25, 0.3) is 0 Å². The molecule has 0 unspecified atom stereocenters. The van der Waals surface area contributed by atoms with Crippen LogP contribution >= 0.6 is 0 Å². The minimum absolute atomic E-state index is 0.0417. The van der Waals surface area contributed by atoms with Gasteiger partial charge in [0.25, 0.3) is 0 Å². The molecule has 1 saturated carbocycles. The maximum Gasteiger partial charge on any atom is 0.506 e. The van der Waals surface area contributed by atoms with Gasteiger partial charge < -0.3 is 17.8 Å². The van der Waals surface area contributed by atoms with Crippen LogP contribution < -0.4 is 0 Å². The summed E-state index contributed by atoms with van der Waals surface area (Å²) in [7, 11) is 1.74. The Morgan fingerprint density at radius 3 is 2.33 bits per heavy atom. The van der Waals surface area contributed by atoms with Crippen LogP contribution in [0, 0.1) is 5.92 Å². The lowest BCUT2D eigenvalue weighted by molar-refractivity contribution is 0.296. The van der Waals surface area contributed by atoms with Gasteiger partial charge in [0.2, 0.25) is 0 Å². The van der Waals surface area contributed by atoms with Crippen molar-refractivity contribution in [3.05, 3.63) is 12.1 Å². The van der Waals surface area contributed by atoms with E-state index in [0.29, 0.717) is 5.92 Å². The fraction of sp³-hybridized carbons (Fsp3) is 0.800. The Morgan fingerprint density at radius 2 is 1.87 bits per heavy atom. The average molecular weight is 220 g/mol. The van der Waals surface area contributed by atoms with E-state index >= 15 is 0 Å². The fourth-order valence-corrected chi connectivity index (χ4v) is 2.15. The zero-order valence-corrected chi connectivity index (χ0v) is 9.19. The summed E-state index contributed by atoms with van der Waals surface area (Å²) >= 11 is 0. The van der Waals surface area contributed by atoms with E-state index in [1.165, 1.54) is 12.8 Å². The summed E-state index contributed by atoms with van der Waals surface area (Å²) in [6, 6.07) is 0. The van der Waals surface area contributed by atoms with E-state index in [1.54, 1.807) is 11.9 Å². The molecule has 0 radical (unpaired) electrons. The molecule has 0 aliphatic heterocycles. The summed E-state index contributed by atoms with van der Waals surface area (Å²) < 4.78 is 36.8. The first kappa shape index (κ1) is 12.6. The maximum atomic E-state index is 12.3. The standard InChI is InChI=1S/C10H18BF3N/c1-9(11(12,13)14)7-15(2)8-10-5-3-4-6-10/h10H,1,3-8H2,2H3/q-1. The topological polar surface area (TPSA) is 3.24 Å². The number of halogens is 3. The summed E-state index contributed by atoms with van der Waals surface area (Å²) in [5.41, 5.74) is -0.588. The summed E-state index contributed by atoms with van der Waals surface area (Å²) in [4.78, 5) is 1.74. The van der Waals surface area contributed by atoms with Gasteiger partial charge in [-0.05, 0) is 32.4 Å². The highest BCUT2D eigenvalue weighted by molar-refractivity contribution is 6.66. The van der Waals surface area contributed by atoms with Gasteiger partial charge in [-0.15, -0.1) is 12.1 Å². The number of rotatable bonds is 5. The first-order valence-corrected chi connectivity index (χ1v) is 5.45. The van der Waals surface area contributed by atoms with Crippen LogP contribution in [0.4, 0.5) is 12.9 Å². The van der Waals surface area contributed by atoms with Crippen molar-refractivity contribution in [3.8, 4) is 0 Å². The molecule has 0 saturated heterocycles. The Morgan fingerprint density at radius 1 is 1.33 bits per heavy atom. The van der Waals surface area contributed by atoms with E-state index in [0.717, 1.165) is 19.4 Å². The third-order valence-corrected chi connectivity index (χ3v) is 2.98. The molecule has 0 N–H and O–H groups in total. The van der Waals surface area contributed by atoms with Gasteiger partial charge in [0.15, 0.2) is 0 Å². The second-order valence-corrected chi connectivity index (χ2v) is 4.58. The lowest BCUT2D eigenvalue weighted by Crippen LogP contribution is -2.32. The number of hydrogen-bond donors (Lipinski definition) is 0. The molecule has 0 heterocycles. The Bertz CT molecular complexity index is 221. The molecule has 1 nitrogen and oxygen atoms in total. The maximum absolute atomic E-state index is 12.3. The molecule has 0 aromatic heterocycles. The molecule has 1 aliphatic carbocycles. The third kappa shape index (κ3) is 4.28. The zero-order valence-electron chi connectivity index (χ0n) is 9.19. The van der Waals surface area contributed by atoms with Crippen molar-refractivity contribution in [3.63, 3.8) is 0 Å². The van der Waals surface area contributed by atoms with Gasteiger partial charge in [0.1, 0.15) is 0 Å². The highest BCUT2D eigenvalue weighted by Crippen LogP contribution is 2.26. The van der Waals surface area contributed by atoms with E-state index in [-0.39, 0.29) is 6.54 Å². The molecular weight excluding hydrogens is 202 g/mol. The van der Waals surface area contributed by atoms with Gasteiger partial charge in [-0.3, -0.25) is 0 Å². The average Bonchev–Trinajstić information content (AvgIpc) is 2.54. The normalized spacial score (nSPS) is 18.7. The summed E-state index contributed by atoms with van der Waals surface area (Å²) in [5, 5.41) is 0. The highest BCUT2D eigenvalue weighted by atomic mass is 19.4. The molecule has 88 valence electrons. The van der Waals surface area contributed by atoms with Crippen molar-refractivity contribution in [2.75, 3.05) is 20.1 Å². The van der Waals surface area contributed by atoms with Crippen LogP contribution in [0.15, 0.2) is 12.1 Å². The molecule has 1 rings (SSSR count). The van der Waals surface area contributed by atoms with Crippen LogP contribution in [0.2, 0.25) is 0 Å². The van der Waals surface area contributed by atoms with Gasteiger partial charge in [-0.25, -0.2) is 0 Å². The van der Waals surface area contributed by atoms with Crippen molar-refractivity contribution >= 4 is 6.98 Å². The molecular formula is C10H18BF3N-. The predicted octanol–water partition coefficient (Wildman–Crippen LogP) is 3.05. The zero-order chi connectivity index (χ0) is 11.5. The highest BCUT2D eigenvalue weighted by Gasteiger charge is 2.27. The SMILES string of the molecule is C=C(CN(C)CC1CCCC1)[B-](F)(F)F. The number of likely N-dealkylation sites (N-methyl/N-ethyl adjacent to an activating group) is 1. The van der Waals surface area contributed by atoms with E-state index in [9.17, 15) is 12.9 Å². The van der Waals surface area contributed by atoms with Crippen LogP contribution in [-0.2, 0) is 0 Å². The van der Waals surface area contributed by atoms with E-state index in [1.807, 2.05) is 0 Å². The number of hydrogen-bond acceptors (Lipinski definition) is 1. The van der Waals surface area contributed by atoms with Gasteiger partial charge in [0.05, 0.1) is 0 Å². The molecule has 0 spiro atoms. The second-order valence-electron chi connectivity index (χ2n) is 4.58. The van der Waals surface area contributed by atoms with Crippen molar-refractivity contribution < 1.29 is 12.9 Å². The van der Waals surface area contributed by atoms with Crippen LogP contribution in [0.3, 0.4) is 0 Å². The second kappa shape index (κ2) is 5.06. The minimum atomic E-state index is -4.86. The van der Waals surface area contributed by atoms with Crippen molar-refractivity contribution in [1.29, 1.82) is 0 Å². The van der Waals surface area contributed by atoms with Crippen molar-refractivity contribution in [2.45, 2.75) is 25.7 Å². The fourth-order valence-electron chi connectivity index (χ4n) is 2.15. The Kier molecular flexibility index (Phi) is 4.26. The summed E-state index contributed by atoms with van der Waals surface area (Å²) in [5.74, 6) is 0.587. The largest absolute Gasteiger partial charge is 0.506 e. The van der Waals surface area contributed by atoms with Gasteiger partial charge in [-0.1, -0.05) is 12.8 Å². The molecule has 0 atom stereocenters. The van der Waals surface area contributed by atoms with Gasteiger partial charge >= 0.3 is 6.98 Å². The first-order valence-electron chi connectivity index (χ1n) is 5.45. The van der Waals surface area contributed by atoms with E-state index in [2.05, 4.69) is 6.58 Å². The molecule has 15 heavy (non-hydrogen) atoms. The molecule has 1 aliphatic rings. The Balaban J connectivity index is 2.28. The van der Waals surface area contributed by atoms with Crippen LogP contribution in [-0.4, -0.2) is 32.0 Å². The number of nitrogens with zero attached hydrogens (tertiary/aromatic N) is 1. The molecule has 0 aromatic rings. The minimum Gasteiger partial charge on any atom is -0.445 e. The lowest BCUT2D eigenvalue weighted by Gasteiger charge is -2.26. The van der Waals surface area contributed by atoms with Crippen molar-refractivity contribution in [2.24, 2.45) is 5.92 Å². The smallest absolute Gasteiger partial charge is 0.445 e. The Labute approximate surface area is 89.4 Å². The monoisotopic (exact) mass is 220 g/mol. The van der Waals surface area contributed by atoms with Crippen LogP contribution in [0.5, 0.6) is 0 Å². The molecule has 0 aromatic carbocycles. The first-order chi connectivity index (χ1) is 6.89. The quantitative estimate of drug-likeness (QED) is 0.643. The lowest BCUT2D eigenvalue weighted by atomic mass is 9.80.